The number of hydrogen-bond donors (Lipinski definition) is 3. The van der Waals surface area contributed by atoms with Crippen molar-refractivity contribution in [2.45, 2.75) is 12.2 Å². The number of nitrogens with zero attached hydrogens (tertiary/aromatic N) is 1. The zero-order chi connectivity index (χ0) is 18.8. The van der Waals surface area contributed by atoms with E-state index in [1.807, 2.05) is 0 Å². The first-order chi connectivity index (χ1) is 12.4. The van der Waals surface area contributed by atoms with E-state index in [-0.39, 0.29) is 81.5 Å². The number of H-pyrrole nitrogens is 1. The quantitative estimate of drug-likeness (QED) is 0.354. The second-order valence-electron chi connectivity index (χ2n) is 6.19. The number of carbonyl (C=O) groups is 3. The molecule has 1 amide bonds. The van der Waals surface area contributed by atoms with E-state index in [1.54, 1.807) is 30.3 Å². The number of piperidine rings is 1. The number of carboxylic acid groups (broad SMARTS) is 1. The predicted molar refractivity (Wildman–Crippen MR) is 87.1 cm³/mol. The van der Waals surface area contributed by atoms with Gasteiger partial charge >= 0.3 is 51.4 Å². The standard InChI is InChI=1S/C18H18N2O6.K/c21-14-9-20(8-12(16(14)23)18(25)26)17(24)13-6-11(7-19-13)15(22)10-4-2-1-3-5-10;/h1-7,12,14,16,19,21,23H,8-9H2,(H,25,26);/q;+1/p-1. The van der Waals surface area contributed by atoms with Gasteiger partial charge in [0.1, 0.15) is 5.69 Å². The van der Waals surface area contributed by atoms with E-state index in [0.717, 1.165) is 4.90 Å². The molecular weight excluding hydrogens is 379 g/mol. The Morgan fingerprint density at radius 2 is 1.74 bits per heavy atom. The molecule has 0 bridgehead atoms. The number of likely N-dealkylation sites (tertiary alicyclic amines) is 1. The second kappa shape index (κ2) is 9.24. The normalized spacial score (nSPS) is 22.0. The number of aliphatic hydroxyl groups excluding tert-OH is 2. The number of hydrogen-bond acceptors (Lipinski definition) is 6. The van der Waals surface area contributed by atoms with Crippen molar-refractivity contribution in [2.75, 3.05) is 13.1 Å². The fraction of sp³-hybridized carbons (Fsp3) is 0.278. The van der Waals surface area contributed by atoms with E-state index in [9.17, 15) is 29.7 Å². The minimum absolute atomic E-state index is 0. The summed E-state index contributed by atoms with van der Waals surface area (Å²) >= 11 is 0. The molecule has 0 radical (unpaired) electrons. The van der Waals surface area contributed by atoms with Crippen LogP contribution in [0.3, 0.4) is 0 Å². The Morgan fingerprint density at radius 3 is 2.37 bits per heavy atom. The topological polar surface area (TPSA) is 134 Å². The van der Waals surface area contributed by atoms with Crippen molar-refractivity contribution in [3.05, 3.63) is 59.4 Å². The average molecular weight is 396 g/mol. The number of ketones is 1. The minimum Gasteiger partial charge on any atom is -0.550 e. The van der Waals surface area contributed by atoms with Gasteiger partial charge in [-0.05, 0) is 6.07 Å². The van der Waals surface area contributed by atoms with Gasteiger partial charge in [-0.1, -0.05) is 30.3 Å². The third-order valence-electron chi connectivity index (χ3n) is 4.43. The van der Waals surface area contributed by atoms with Crippen molar-refractivity contribution in [1.29, 1.82) is 0 Å². The maximum absolute atomic E-state index is 12.6. The molecule has 0 aliphatic carbocycles. The molecule has 136 valence electrons. The van der Waals surface area contributed by atoms with E-state index in [4.69, 9.17) is 0 Å². The summed E-state index contributed by atoms with van der Waals surface area (Å²) in [6, 6.07) is 9.93. The van der Waals surface area contributed by atoms with E-state index in [0.29, 0.717) is 5.56 Å². The summed E-state index contributed by atoms with van der Waals surface area (Å²) in [7, 11) is 0. The molecule has 2 heterocycles. The smallest absolute Gasteiger partial charge is 0.550 e. The number of aromatic nitrogens is 1. The third-order valence-corrected chi connectivity index (χ3v) is 4.43. The average Bonchev–Trinajstić information content (AvgIpc) is 3.13. The number of carbonyl (C=O) groups excluding carboxylic acids is 3. The van der Waals surface area contributed by atoms with Gasteiger partial charge in [-0.2, -0.15) is 0 Å². The fourth-order valence-electron chi connectivity index (χ4n) is 2.98. The van der Waals surface area contributed by atoms with Gasteiger partial charge < -0.3 is 30.0 Å². The fourth-order valence-corrected chi connectivity index (χ4v) is 2.98. The maximum atomic E-state index is 12.6. The molecule has 27 heavy (non-hydrogen) atoms. The van der Waals surface area contributed by atoms with E-state index < -0.39 is 30.0 Å². The van der Waals surface area contributed by atoms with Crippen LogP contribution in [-0.2, 0) is 4.79 Å². The Hall–Kier alpha value is -1.33. The number of β-amino-alcohol motifs (C(OH)–C–C–N with tert-alkyl or cyclic N) is 1. The molecule has 3 rings (SSSR count). The summed E-state index contributed by atoms with van der Waals surface area (Å²) in [6.45, 7) is -0.509. The van der Waals surface area contributed by atoms with Crippen molar-refractivity contribution in [3.8, 4) is 0 Å². The van der Waals surface area contributed by atoms with Gasteiger partial charge in [0.2, 0.25) is 0 Å². The van der Waals surface area contributed by atoms with Crippen LogP contribution in [0.4, 0.5) is 0 Å². The van der Waals surface area contributed by atoms with Crippen molar-refractivity contribution in [1.82, 2.24) is 9.88 Å². The third kappa shape index (κ3) is 4.75. The monoisotopic (exact) mass is 396 g/mol. The number of nitrogens with one attached hydrogen (secondary N) is 1. The van der Waals surface area contributed by atoms with Gasteiger partial charge in [-0.15, -0.1) is 0 Å². The summed E-state index contributed by atoms with van der Waals surface area (Å²) < 4.78 is 0. The van der Waals surface area contributed by atoms with Crippen LogP contribution < -0.4 is 56.5 Å². The van der Waals surface area contributed by atoms with E-state index in [1.165, 1.54) is 12.3 Å². The van der Waals surface area contributed by atoms with Crippen molar-refractivity contribution in [3.63, 3.8) is 0 Å². The summed E-state index contributed by atoms with van der Waals surface area (Å²) in [4.78, 5) is 39.9. The summed E-state index contributed by atoms with van der Waals surface area (Å²) in [6.07, 6.45) is -1.49. The van der Waals surface area contributed by atoms with Crippen LogP contribution in [0.5, 0.6) is 0 Å². The SMILES string of the molecule is O=C(c1ccccc1)c1c[nH]c(C(=O)N2CC(O)C(O)C(C(=O)[O-])C2)c1.[K+]. The number of amides is 1. The Bertz CT molecular complexity index is 837. The molecule has 3 N–H and O–H groups in total. The molecule has 1 fully saturated rings. The van der Waals surface area contributed by atoms with Crippen LogP contribution in [0.15, 0.2) is 42.6 Å². The molecule has 9 heteroatoms. The predicted octanol–water partition coefficient (Wildman–Crippen LogP) is -4.21. The molecule has 1 aromatic carbocycles. The number of benzene rings is 1. The molecule has 8 nitrogen and oxygen atoms in total. The molecule has 1 aromatic heterocycles. The van der Waals surface area contributed by atoms with Gasteiger partial charge in [-0.25, -0.2) is 0 Å². The maximum Gasteiger partial charge on any atom is 1.00 e. The largest absolute Gasteiger partial charge is 1.00 e. The molecule has 1 aliphatic rings. The van der Waals surface area contributed by atoms with Crippen LogP contribution >= 0.6 is 0 Å². The first kappa shape index (κ1) is 22.0. The Kier molecular flexibility index (Phi) is 7.52. The van der Waals surface area contributed by atoms with E-state index >= 15 is 0 Å². The molecule has 1 saturated heterocycles. The zero-order valence-electron chi connectivity index (χ0n) is 14.7. The Morgan fingerprint density at radius 1 is 1.07 bits per heavy atom. The van der Waals surface area contributed by atoms with Gasteiger partial charge in [0.05, 0.1) is 12.2 Å². The summed E-state index contributed by atoms with van der Waals surface area (Å²) in [5.74, 6) is -3.76. The molecule has 0 spiro atoms. The van der Waals surface area contributed by atoms with Crippen molar-refractivity contribution in [2.24, 2.45) is 5.92 Å². The van der Waals surface area contributed by atoms with Gasteiger partial charge in [0.15, 0.2) is 5.78 Å². The molecular formula is C18H17KN2O6. The molecule has 3 atom stereocenters. The number of carboxylic acids is 1. The van der Waals surface area contributed by atoms with Crippen LogP contribution in [0.2, 0.25) is 0 Å². The van der Waals surface area contributed by atoms with Crippen LogP contribution in [0.25, 0.3) is 0 Å². The second-order valence-corrected chi connectivity index (χ2v) is 6.19. The molecule has 0 saturated carbocycles. The Balaban J connectivity index is 0.00000261. The summed E-state index contributed by atoms with van der Waals surface area (Å²) in [5, 5.41) is 30.6. The molecule has 3 unspecified atom stereocenters. The number of aliphatic carboxylic acids is 1. The number of aliphatic hydroxyl groups is 2. The van der Waals surface area contributed by atoms with Crippen LogP contribution in [-0.4, -0.2) is 63.1 Å². The minimum atomic E-state index is -1.54. The van der Waals surface area contributed by atoms with Crippen LogP contribution in [0.1, 0.15) is 26.4 Å². The van der Waals surface area contributed by atoms with Crippen molar-refractivity contribution >= 4 is 17.7 Å². The first-order valence-electron chi connectivity index (χ1n) is 8.03. The Labute approximate surface area is 197 Å². The van der Waals surface area contributed by atoms with Crippen molar-refractivity contribution < 1.29 is 81.1 Å². The van der Waals surface area contributed by atoms with Gasteiger partial charge in [0.25, 0.3) is 5.91 Å². The number of aromatic amines is 1. The van der Waals surface area contributed by atoms with Crippen LogP contribution in [0, 0.1) is 5.92 Å². The number of rotatable bonds is 4. The summed E-state index contributed by atoms with van der Waals surface area (Å²) in [5.41, 5.74) is 0.845. The van der Waals surface area contributed by atoms with Gasteiger partial charge in [-0.3, -0.25) is 9.59 Å². The molecule has 2 aromatic rings. The van der Waals surface area contributed by atoms with Gasteiger partial charge in [0, 0.05) is 42.3 Å². The molecule has 1 aliphatic heterocycles. The first-order valence-corrected chi connectivity index (χ1v) is 8.03. The zero-order valence-corrected chi connectivity index (χ0v) is 17.8. The van der Waals surface area contributed by atoms with E-state index in [2.05, 4.69) is 4.98 Å².